The minimum absolute atomic E-state index is 0.0286. The Balaban J connectivity index is 2.66. The molecule has 196 valence electrons. The Kier molecular flexibility index (Phi) is 8.79. The first kappa shape index (κ1) is 29.6. The molecule has 0 spiro atoms. The summed E-state index contributed by atoms with van der Waals surface area (Å²) in [5.41, 5.74) is -3.74. The van der Waals surface area contributed by atoms with Gasteiger partial charge in [0.05, 0.1) is 36.0 Å². The molecular formula is C23H32BF4NO5S. The predicted octanol–water partition coefficient (Wildman–Crippen LogP) is 4.71. The Morgan fingerprint density at radius 1 is 1.20 bits per heavy atom. The monoisotopic (exact) mass is 521 g/mol. The van der Waals surface area contributed by atoms with Crippen molar-refractivity contribution in [2.75, 3.05) is 6.61 Å². The highest BCUT2D eigenvalue weighted by atomic mass is 32.2. The molecule has 6 nitrogen and oxygen atoms in total. The van der Waals surface area contributed by atoms with E-state index in [0.717, 1.165) is 6.21 Å². The average Bonchev–Trinajstić information content (AvgIpc) is 2.90. The zero-order valence-electron chi connectivity index (χ0n) is 21.2. The maximum absolute atomic E-state index is 15.3. The molecule has 0 bridgehead atoms. The lowest BCUT2D eigenvalue weighted by atomic mass is 9.76. The summed E-state index contributed by atoms with van der Waals surface area (Å²) in [7, 11) is -1.20. The molecule has 1 aliphatic rings. The van der Waals surface area contributed by atoms with Crippen molar-refractivity contribution in [3.63, 3.8) is 0 Å². The summed E-state index contributed by atoms with van der Waals surface area (Å²) < 4.78 is 89.0. The lowest BCUT2D eigenvalue weighted by Gasteiger charge is -2.32. The summed E-state index contributed by atoms with van der Waals surface area (Å²) >= 11 is -1.78. The Bertz CT molecular complexity index is 946. The van der Waals surface area contributed by atoms with Crippen molar-refractivity contribution >= 4 is 36.1 Å². The molecule has 0 aromatic heterocycles. The van der Waals surface area contributed by atoms with E-state index in [0.29, 0.717) is 6.07 Å². The minimum Gasteiger partial charge on any atom is -0.591 e. The van der Waals surface area contributed by atoms with Crippen LogP contribution in [0.2, 0.25) is 0 Å². The van der Waals surface area contributed by atoms with E-state index in [9.17, 15) is 22.5 Å². The number of ether oxygens (including phenoxy) is 1. The van der Waals surface area contributed by atoms with Gasteiger partial charge >= 0.3 is 19.3 Å². The molecule has 0 aliphatic carbocycles. The average molecular weight is 521 g/mol. The van der Waals surface area contributed by atoms with Gasteiger partial charge in [0.25, 0.3) is 0 Å². The molecule has 1 fully saturated rings. The van der Waals surface area contributed by atoms with E-state index in [-0.39, 0.29) is 12.1 Å². The summed E-state index contributed by atoms with van der Waals surface area (Å²) in [6, 6.07) is 1.81. The molecule has 2 atom stereocenters. The van der Waals surface area contributed by atoms with Crippen LogP contribution in [0.15, 0.2) is 16.5 Å². The first-order chi connectivity index (χ1) is 15.8. The van der Waals surface area contributed by atoms with Crippen LogP contribution in [-0.4, -0.2) is 46.4 Å². The van der Waals surface area contributed by atoms with Crippen molar-refractivity contribution in [3.05, 3.63) is 29.1 Å². The van der Waals surface area contributed by atoms with Crippen LogP contribution in [0.3, 0.4) is 0 Å². The Labute approximate surface area is 207 Å². The second kappa shape index (κ2) is 10.4. The maximum atomic E-state index is 15.3. The van der Waals surface area contributed by atoms with E-state index in [2.05, 4.69) is 4.40 Å². The molecule has 2 rings (SSSR count). The van der Waals surface area contributed by atoms with Crippen LogP contribution in [0.1, 0.15) is 78.9 Å². The van der Waals surface area contributed by atoms with Crippen LogP contribution in [0.4, 0.5) is 17.6 Å². The van der Waals surface area contributed by atoms with E-state index in [1.54, 1.807) is 55.4 Å². The van der Waals surface area contributed by atoms with Gasteiger partial charge in [0.2, 0.25) is 0 Å². The fraction of sp³-hybridized carbons (Fsp3) is 0.652. The molecule has 1 aromatic carbocycles. The largest absolute Gasteiger partial charge is 0.591 e. The molecule has 0 N–H and O–H groups in total. The van der Waals surface area contributed by atoms with E-state index in [4.69, 9.17) is 14.0 Å². The quantitative estimate of drug-likeness (QED) is 0.171. The molecule has 1 saturated heterocycles. The highest BCUT2D eigenvalue weighted by Gasteiger charge is 2.52. The van der Waals surface area contributed by atoms with Gasteiger partial charge in [-0.1, -0.05) is 10.5 Å². The van der Waals surface area contributed by atoms with Gasteiger partial charge < -0.3 is 18.6 Å². The SMILES string of the molecule is CCOC(=O)CC(/C=N\[S@+]([O-])C(C)(C)C)c1cc(B2OC(C)(C)C(C)(C)O2)cc(C(F)(F)F)c1F. The molecule has 1 heterocycles. The van der Waals surface area contributed by atoms with Gasteiger partial charge in [-0.3, -0.25) is 4.79 Å². The number of rotatable bonds is 7. The van der Waals surface area contributed by atoms with Gasteiger partial charge in [-0.05, 0) is 72.5 Å². The lowest BCUT2D eigenvalue weighted by molar-refractivity contribution is -0.143. The summed E-state index contributed by atoms with van der Waals surface area (Å²) in [6.45, 7) is 13.5. The number of hydrogen-bond donors (Lipinski definition) is 0. The number of esters is 1. The van der Waals surface area contributed by atoms with Gasteiger partial charge in [-0.2, -0.15) is 13.2 Å². The van der Waals surface area contributed by atoms with Gasteiger partial charge in [0.15, 0.2) is 0 Å². The Hall–Kier alpha value is -1.63. The fourth-order valence-electron chi connectivity index (χ4n) is 3.19. The van der Waals surface area contributed by atoms with E-state index >= 15 is 4.39 Å². The standard InChI is InChI=1S/C23H32BF4NO5S/c1-9-32-18(30)10-14(13-29-35(31)20(2,3)4)16-11-15(12-17(19(16)25)23(26,27)28)24-33-21(5,6)22(7,8)34-24/h11-14H,9-10H2,1-8H3/b29-13-/t14?,35-/m1/s1. The van der Waals surface area contributed by atoms with Crippen molar-refractivity contribution in [1.29, 1.82) is 0 Å². The van der Waals surface area contributed by atoms with E-state index in [1.165, 1.54) is 6.07 Å². The second-order valence-electron chi connectivity index (χ2n) is 10.3. The summed E-state index contributed by atoms with van der Waals surface area (Å²) in [5, 5.41) is 0. The summed E-state index contributed by atoms with van der Waals surface area (Å²) in [4.78, 5) is 12.2. The molecule has 1 aliphatic heterocycles. The van der Waals surface area contributed by atoms with Gasteiger partial charge in [-0.15, -0.1) is 0 Å². The second-order valence-corrected chi connectivity index (χ2v) is 12.2. The molecule has 35 heavy (non-hydrogen) atoms. The Morgan fingerprint density at radius 3 is 2.20 bits per heavy atom. The van der Waals surface area contributed by atoms with Crippen LogP contribution in [0, 0.1) is 5.82 Å². The van der Waals surface area contributed by atoms with Crippen LogP contribution >= 0.6 is 0 Å². The van der Waals surface area contributed by atoms with Gasteiger partial charge in [-0.25, -0.2) is 4.39 Å². The number of halogens is 4. The molecule has 1 unspecified atom stereocenters. The third kappa shape index (κ3) is 6.99. The highest BCUT2D eigenvalue weighted by Crippen LogP contribution is 2.39. The Morgan fingerprint density at radius 2 is 1.74 bits per heavy atom. The molecule has 0 radical (unpaired) electrons. The minimum atomic E-state index is -5.03. The fourth-order valence-corrected chi connectivity index (χ4v) is 3.76. The van der Waals surface area contributed by atoms with Crippen LogP contribution < -0.4 is 5.46 Å². The van der Waals surface area contributed by atoms with Crippen molar-refractivity contribution < 1.29 is 41.0 Å². The lowest BCUT2D eigenvalue weighted by Crippen LogP contribution is -2.41. The maximum Gasteiger partial charge on any atom is 0.494 e. The predicted molar refractivity (Wildman–Crippen MR) is 127 cm³/mol. The number of alkyl halides is 3. The molecule has 12 heteroatoms. The van der Waals surface area contributed by atoms with Gasteiger partial charge in [0, 0.05) is 5.92 Å². The van der Waals surface area contributed by atoms with Crippen LogP contribution in [0.5, 0.6) is 0 Å². The van der Waals surface area contributed by atoms with Crippen molar-refractivity contribution in [1.82, 2.24) is 0 Å². The smallest absolute Gasteiger partial charge is 0.494 e. The zero-order chi connectivity index (χ0) is 27.0. The molecular weight excluding hydrogens is 489 g/mol. The molecule has 1 aromatic rings. The first-order valence-electron chi connectivity index (χ1n) is 11.2. The summed E-state index contributed by atoms with van der Waals surface area (Å²) in [5.74, 6) is -3.59. The summed E-state index contributed by atoms with van der Waals surface area (Å²) in [6.07, 6.45) is -4.48. The number of benzene rings is 1. The van der Waals surface area contributed by atoms with E-state index < -0.39 is 75.9 Å². The van der Waals surface area contributed by atoms with Crippen molar-refractivity contribution in [2.24, 2.45) is 4.40 Å². The third-order valence-corrected chi connectivity index (χ3v) is 7.27. The van der Waals surface area contributed by atoms with E-state index in [1.807, 2.05) is 0 Å². The zero-order valence-corrected chi connectivity index (χ0v) is 22.0. The molecule has 0 amide bonds. The number of hydrogen-bond acceptors (Lipinski definition) is 6. The first-order valence-corrected chi connectivity index (χ1v) is 12.3. The van der Waals surface area contributed by atoms with Gasteiger partial charge in [0.1, 0.15) is 21.9 Å². The van der Waals surface area contributed by atoms with Crippen molar-refractivity contribution in [2.45, 2.75) is 89.9 Å². The molecule has 0 saturated carbocycles. The van der Waals surface area contributed by atoms with Crippen molar-refractivity contribution in [3.8, 4) is 0 Å². The third-order valence-electron chi connectivity index (χ3n) is 5.91. The topological polar surface area (TPSA) is 80.2 Å². The number of carbonyl (C=O) groups excluding carboxylic acids is 1. The number of carbonyl (C=O) groups is 1. The number of nitrogens with zero attached hydrogens (tertiary/aromatic N) is 1. The van der Waals surface area contributed by atoms with Crippen LogP contribution in [-0.2, 0) is 36.4 Å². The normalized spacial score (nSPS) is 19.7. The van der Waals surface area contributed by atoms with Crippen LogP contribution in [0.25, 0.3) is 0 Å². The highest BCUT2D eigenvalue weighted by molar-refractivity contribution is 7.91.